The van der Waals surface area contributed by atoms with Crippen molar-refractivity contribution in [2.75, 3.05) is 31.7 Å². The Morgan fingerprint density at radius 2 is 2.12 bits per heavy atom. The van der Waals surface area contributed by atoms with Crippen molar-refractivity contribution >= 4 is 5.82 Å². The Morgan fingerprint density at radius 1 is 1.29 bits per heavy atom. The zero-order valence-corrected chi connectivity index (χ0v) is 10.6. The van der Waals surface area contributed by atoms with E-state index in [1.807, 2.05) is 13.8 Å². The number of ether oxygens (including phenoxy) is 2. The van der Waals surface area contributed by atoms with Crippen LogP contribution in [0.4, 0.5) is 5.82 Å². The Kier molecular flexibility index (Phi) is 3.91. The van der Waals surface area contributed by atoms with Crippen molar-refractivity contribution in [1.29, 1.82) is 0 Å². The third-order valence-corrected chi connectivity index (χ3v) is 2.85. The molecule has 1 fully saturated rings. The molecule has 1 N–H and O–H groups in total. The van der Waals surface area contributed by atoms with E-state index in [2.05, 4.69) is 22.2 Å². The fourth-order valence-corrected chi connectivity index (χ4v) is 1.77. The number of aryl methyl sites for hydroxylation is 1. The number of hydrogen-bond acceptors (Lipinski definition) is 5. The first-order chi connectivity index (χ1) is 8.22. The van der Waals surface area contributed by atoms with E-state index in [0.717, 1.165) is 23.6 Å². The Bertz CT molecular complexity index is 390. The van der Waals surface area contributed by atoms with Gasteiger partial charge in [0, 0.05) is 17.8 Å². The molecule has 0 bridgehead atoms. The normalized spacial score (nSPS) is 20.3. The Balaban J connectivity index is 2.27. The first kappa shape index (κ1) is 12.3. The maximum absolute atomic E-state index is 5.61. The molecule has 0 aromatic carbocycles. The quantitative estimate of drug-likeness (QED) is 0.865. The molecule has 1 aliphatic heterocycles. The second kappa shape index (κ2) is 5.42. The van der Waals surface area contributed by atoms with Crippen LogP contribution in [0.3, 0.4) is 0 Å². The summed E-state index contributed by atoms with van der Waals surface area (Å²) in [5.41, 5.74) is 2.08. The van der Waals surface area contributed by atoms with Gasteiger partial charge in [0.15, 0.2) is 5.82 Å². The first-order valence-electron chi connectivity index (χ1n) is 6.00. The van der Waals surface area contributed by atoms with Crippen molar-refractivity contribution in [2.45, 2.75) is 26.9 Å². The topological polar surface area (TPSA) is 56.3 Å². The lowest BCUT2D eigenvalue weighted by atomic mass is 10.2. The van der Waals surface area contributed by atoms with Gasteiger partial charge in [0.1, 0.15) is 11.9 Å². The van der Waals surface area contributed by atoms with Crippen LogP contribution in [0.1, 0.15) is 30.1 Å². The van der Waals surface area contributed by atoms with E-state index >= 15 is 0 Å². The van der Waals surface area contributed by atoms with Crippen molar-refractivity contribution in [1.82, 2.24) is 9.97 Å². The summed E-state index contributed by atoms with van der Waals surface area (Å²) in [4.78, 5) is 9.00. The molecule has 0 amide bonds. The predicted octanol–water partition coefficient (Wildman–Crippen LogP) is 1.61. The van der Waals surface area contributed by atoms with Crippen molar-refractivity contribution in [2.24, 2.45) is 0 Å². The molecule has 0 aliphatic carbocycles. The molecule has 0 spiro atoms. The molecule has 1 aromatic rings. The SMILES string of the molecule is CCNc1nc(C2COCCO2)nc(C)c1C. The van der Waals surface area contributed by atoms with Gasteiger partial charge < -0.3 is 14.8 Å². The van der Waals surface area contributed by atoms with Crippen LogP contribution >= 0.6 is 0 Å². The third-order valence-electron chi connectivity index (χ3n) is 2.85. The van der Waals surface area contributed by atoms with Crippen LogP contribution in [0.15, 0.2) is 0 Å². The highest BCUT2D eigenvalue weighted by Crippen LogP contribution is 2.22. The van der Waals surface area contributed by atoms with E-state index < -0.39 is 0 Å². The van der Waals surface area contributed by atoms with Gasteiger partial charge in [0.05, 0.1) is 19.8 Å². The smallest absolute Gasteiger partial charge is 0.162 e. The minimum Gasteiger partial charge on any atom is -0.376 e. The minimum atomic E-state index is -0.138. The summed E-state index contributed by atoms with van der Waals surface area (Å²) in [6, 6.07) is 0. The zero-order valence-electron chi connectivity index (χ0n) is 10.6. The summed E-state index contributed by atoms with van der Waals surface area (Å²) in [5.74, 6) is 1.60. The molecule has 2 heterocycles. The Hall–Kier alpha value is -1.20. The van der Waals surface area contributed by atoms with Crippen LogP contribution in [0.25, 0.3) is 0 Å². The van der Waals surface area contributed by atoms with Crippen LogP contribution in [-0.2, 0) is 9.47 Å². The van der Waals surface area contributed by atoms with Crippen LogP contribution in [0.5, 0.6) is 0 Å². The van der Waals surface area contributed by atoms with Crippen molar-refractivity contribution in [3.8, 4) is 0 Å². The molecule has 2 rings (SSSR count). The summed E-state index contributed by atoms with van der Waals surface area (Å²) in [5, 5.41) is 3.25. The van der Waals surface area contributed by atoms with Gasteiger partial charge >= 0.3 is 0 Å². The van der Waals surface area contributed by atoms with E-state index in [0.29, 0.717) is 25.6 Å². The molecule has 1 saturated heterocycles. The van der Waals surface area contributed by atoms with Crippen LogP contribution in [0, 0.1) is 13.8 Å². The number of aromatic nitrogens is 2. The molecule has 0 radical (unpaired) electrons. The van der Waals surface area contributed by atoms with Gasteiger partial charge in [0.2, 0.25) is 0 Å². The summed E-state index contributed by atoms with van der Waals surface area (Å²) >= 11 is 0. The maximum Gasteiger partial charge on any atom is 0.162 e. The van der Waals surface area contributed by atoms with E-state index in [1.165, 1.54) is 0 Å². The highest BCUT2D eigenvalue weighted by molar-refractivity contribution is 5.45. The summed E-state index contributed by atoms with van der Waals surface area (Å²) in [7, 11) is 0. The summed E-state index contributed by atoms with van der Waals surface area (Å²) in [6.45, 7) is 8.71. The van der Waals surface area contributed by atoms with E-state index in [1.54, 1.807) is 0 Å². The number of hydrogen-bond donors (Lipinski definition) is 1. The van der Waals surface area contributed by atoms with Crippen LogP contribution in [-0.4, -0.2) is 36.3 Å². The van der Waals surface area contributed by atoms with Gasteiger partial charge in [-0.05, 0) is 20.8 Å². The molecule has 17 heavy (non-hydrogen) atoms. The Morgan fingerprint density at radius 3 is 2.76 bits per heavy atom. The van der Waals surface area contributed by atoms with Gasteiger partial charge in [-0.15, -0.1) is 0 Å². The molecule has 0 saturated carbocycles. The second-order valence-electron chi connectivity index (χ2n) is 4.11. The first-order valence-corrected chi connectivity index (χ1v) is 6.00. The highest BCUT2D eigenvalue weighted by Gasteiger charge is 2.21. The molecule has 1 aliphatic rings. The standard InChI is InChI=1S/C12H19N3O2/c1-4-13-11-8(2)9(3)14-12(15-11)10-7-16-5-6-17-10/h10H,4-7H2,1-3H3,(H,13,14,15). The number of rotatable bonds is 3. The fraction of sp³-hybridized carbons (Fsp3) is 0.667. The van der Waals surface area contributed by atoms with E-state index in [4.69, 9.17) is 9.47 Å². The van der Waals surface area contributed by atoms with Crippen molar-refractivity contribution < 1.29 is 9.47 Å². The lowest BCUT2D eigenvalue weighted by molar-refractivity contribution is -0.0935. The molecular formula is C12H19N3O2. The van der Waals surface area contributed by atoms with Gasteiger partial charge in [-0.3, -0.25) is 0 Å². The predicted molar refractivity (Wildman–Crippen MR) is 65.2 cm³/mol. The largest absolute Gasteiger partial charge is 0.376 e. The molecule has 94 valence electrons. The molecule has 5 nitrogen and oxygen atoms in total. The van der Waals surface area contributed by atoms with Crippen molar-refractivity contribution in [3.05, 3.63) is 17.1 Å². The average Bonchev–Trinajstić information content (AvgIpc) is 2.36. The summed E-state index contributed by atoms with van der Waals surface area (Å²) in [6.07, 6.45) is -0.138. The van der Waals surface area contributed by atoms with E-state index in [9.17, 15) is 0 Å². The van der Waals surface area contributed by atoms with Crippen LogP contribution < -0.4 is 5.32 Å². The molecular weight excluding hydrogens is 218 g/mol. The number of nitrogens with zero attached hydrogens (tertiary/aromatic N) is 2. The minimum absolute atomic E-state index is 0.138. The third kappa shape index (κ3) is 2.73. The highest BCUT2D eigenvalue weighted by atomic mass is 16.6. The number of nitrogens with one attached hydrogen (secondary N) is 1. The van der Waals surface area contributed by atoms with Crippen LogP contribution in [0.2, 0.25) is 0 Å². The lowest BCUT2D eigenvalue weighted by Crippen LogP contribution is -2.24. The van der Waals surface area contributed by atoms with Gasteiger partial charge in [-0.2, -0.15) is 0 Å². The Labute approximate surface area is 102 Å². The van der Waals surface area contributed by atoms with Gasteiger partial charge in [-0.1, -0.05) is 0 Å². The van der Waals surface area contributed by atoms with Gasteiger partial charge in [0.25, 0.3) is 0 Å². The molecule has 1 aromatic heterocycles. The monoisotopic (exact) mass is 237 g/mol. The van der Waals surface area contributed by atoms with Crippen molar-refractivity contribution in [3.63, 3.8) is 0 Å². The molecule has 1 unspecified atom stereocenters. The summed E-state index contributed by atoms with van der Waals surface area (Å²) < 4.78 is 11.0. The zero-order chi connectivity index (χ0) is 12.3. The molecule has 1 atom stereocenters. The number of anilines is 1. The second-order valence-corrected chi connectivity index (χ2v) is 4.11. The average molecular weight is 237 g/mol. The van der Waals surface area contributed by atoms with Gasteiger partial charge in [-0.25, -0.2) is 9.97 Å². The fourth-order valence-electron chi connectivity index (χ4n) is 1.77. The van der Waals surface area contributed by atoms with E-state index in [-0.39, 0.29) is 6.10 Å². The molecule has 5 heteroatoms. The maximum atomic E-state index is 5.61. The lowest BCUT2D eigenvalue weighted by Gasteiger charge is -2.23.